The second-order valence-electron chi connectivity index (χ2n) is 8.06. The highest BCUT2D eigenvalue weighted by atomic mass is 16.2. The van der Waals surface area contributed by atoms with Crippen LogP contribution >= 0.6 is 0 Å². The first-order valence-electron chi connectivity index (χ1n) is 10.5. The van der Waals surface area contributed by atoms with Crippen LogP contribution in [0.4, 0.5) is 11.4 Å². The maximum Gasteiger partial charge on any atom is 0.250 e. The van der Waals surface area contributed by atoms with Gasteiger partial charge < -0.3 is 20.5 Å². The Kier molecular flexibility index (Phi) is 6.06. The van der Waals surface area contributed by atoms with Gasteiger partial charge in [0.05, 0.1) is 23.0 Å². The van der Waals surface area contributed by atoms with Crippen molar-refractivity contribution in [2.75, 3.05) is 17.2 Å². The SMILES string of the molecule is C[C@H](CN[C@H](c1ccccc1)[C@@H]1Nc2c(C#N)cccc2NC1=O)c1ccn(C)c(=O)c1. The number of pyridine rings is 1. The lowest BCUT2D eigenvalue weighted by Crippen LogP contribution is -2.48. The number of nitriles is 1. The molecule has 162 valence electrons. The van der Waals surface area contributed by atoms with Crippen LogP contribution in [0.25, 0.3) is 0 Å². The first-order valence-corrected chi connectivity index (χ1v) is 10.5. The molecule has 2 aromatic carbocycles. The summed E-state index contributed by atoms with van der Waals surface area (Å²) in [6.07, 6.45) is 1.76. The number of para-hydroxylation sites is 1. The average Bonchev–Trinajstić information content (AvgIpc) is 2.81. The van der Waals surface area contributed by atoms with Crippen molar-refractivity contribution < 1.29 is 4.79 Å². The van der Waals surface area contributed by atoms with Gasteiger partial charge in [-0.15, -0.1) is 0 Å². The summed E-state index contributed by atoms with van der Waals surface area (Å²) in [4.78, 5) is 25.1. The van der Waals surface area contributed by atoms with E-state index < -0.39 is 6.04 Å². The molecule has 0 saturated carbocycles. The van der Waals surface area contributed by atoms with Crippen molar-refractivity contribution in [1.82, 2.24) is 9.88 Å². The van der Waals surface area contributed by atoms with Gasteiger partial charge in [0, 0.05) is 25.9 Å². The number of nitrogens with zero attached hydrogens (tertiary/aromatic N) is 2. The summed E-state index contributed by atoms with van der Waals surface area (Å²) in [5, 5.41) is 19.2. The van der Waals surface area contributed by atoms with Crippen LogP contribution in [0.5, 0.6) is 0 Å². The van der Waals surface area contributed by atoms with E-state index in [0.29, 0.717) is 23.5 Å². The zero-order chi connectivity index (χ0) is 22.7. The van der Waals surface area contributed by atoms with Crippen molar-refractivity contribution in [2.45, 2.75) is 24.9 Å². The zero-order valence-corrected chi connectivity index (χ0v) is 18.0. The molecule has 2 heterocycles. The van der Waals surface area contributed by atoms with Crippen molar-refractivity contribution in [3.8, 4) is 6.07 Å². The topological polar surface area (TPSA) is 98.9 Å². The number of hydrogen-bond donors (Lipinski definition) is 3. The molecule has 32 heavy (non-hydrogen) atoms. The summed E-state index contributed by atoms with van der Waals surface area (Å²) in [6.45, 7) is 2.60. The number of aryl methyl sites for hydroxylation is 1. The largest absolute Gasteiger partial charge is 0.369 e. The molecule has 0 fully saturated rings. The van der Waals surface area contributed by atoms with Crippen molar-refractivity contribution >= 4 is 17.3 Å². The number of amides is 1. The van der Waals surface area contributed by atoms with Crippen molar-refractivity contribution in [3.63, 3.8) is 0 Å². The molecule has 7 heteroatoms. The number of fused-ring (bicyclic) bond motifs is 1. The van der Waals surface area contributed by atoms with E-state index in [9.17, 15) is 14.9 Å². The van der Waals surface area contributed by atoms with Crippen LogP contribution in [-0.2, 0) is 11.8 Å². The minimum absolute atomic E-state index is 0.0528. The first kappa shape index (κ1) is 21.3. The van der Waals surface area contributed by atoms with Crippen LogP contribution in [0, 0.1) is 11.3 Å². The Morgan fingerprint density at radius 3 is 2.59 bits per heavy atom. The van der Waals surface area contributed by atoms with Gasteiger partial charge >= 0.3 is 0 Å². The summed E-state index contributed by atoms with van der Waals surface area (Å²) in [5.74, 6) is -0.112. The van der Waals surface area contributed by atoms with Crippen LogP contribution in [0.15, 0.2) is 71.7 Å². The second-order valence-corrected chi connectivity index (χ2v) is 8.06. The summed E-state index contributed by atoms with van der Waals surface area (Å²) in [5.41, 5.74) is 3.54. The molecule has 1 aromatic heterocycles. The van der Waals surface area contributed by atoms with Gasteiger partial charge in [0.25, 0.3) is 5.56 Å². The monoisotopic (exact) mass is 427 g/mol. The lowest BCUT2D eigenvalue weighted by molar-refractivity contribution is -0.117. The van der Waals surface area contributed by atoms with Crippen LogP contribution < -0.4 is 21.5 Å². The molecule has 4 rings (SSSR count). The number of benzene rings is 2. The van der Waals surface area contributed by atoms with E-state index in [4.69, 9.17) is 0 Å². The van der Waals surface area contributed by atoms with Gasteiger partial charge in [0.1, 0.15) is 12.1 Å². The summed E-state index contributed by atoms with van der Waals surface area (Å²) in [7, 11) is 1.72. The van der Waals surface area contributed by atoms with E-state index in [0.717, 1.165) is 11.1 Å². The Bertz CT molecular complexity index is 1230. The molecule has 0 bridgehead atoms. The molecule has 0 saturated heterocycles. The minimum atomic E-state index is -0.616. The van der Waals surface area contributed by atoms with Gasteiger partial charge in [-0.3, -0.25) is 9.59 Å². The normalized spacial score (nSPS) is 16.8. The molecular formula is C25H25N5O2. The van der Waals surface area contributed by atoms with E-state index in [2.05, 4.69) is 22.0 Å². The quantitative estimate of drug-likeness (QED) is 0.561. The summed E-state index contributed by atoms with van der Waals surface area (Å²) >= 11 is 0. The van der Waals surface area contributed by atoms with Crippen LogP contribution in [-0.4, -0.2) is 23.1 Å². The highest BCUT2D eigenvalue weighted by Crippen LogP contribution is 2.33. The third-order valence-electron chi connectivity index (χ3n) is 5.86. The highest BCUT2D eigenvalue weighted by Gasteiger charge is 2.34. The first-order chi connectivity index (χ1) is 15.5. The lowest BCUT2D eigenvalue weighted by atomic mass is 9.94. The summed E-state index contributed by atoms with van der Waals surface area (Å²) < 4.78 is 1.54. The Labute approximate surface area is 186 Å². The second kappa shape index (κ2) is 9.08. The van der Waals surface area contributed by atoms with Crippen molar-refractivity contribution in [1.29, 1.82) is 5.26 Å². The number of carbonyl (C=O) groups excluding carboxylic acids is 1. The zero-order valence-electron chi connectivity index (χ0n) is 18.0. The maximum atomic E-state index is 13.0. The number of hydrogen-bond acceptors (Lipinski definition) is 5. The maximum absolute atomic E-state index is 13.0. The Hall–Kier alpha value is -3.89. The number of aromatic nitrogens is 1. The molecule has 1 amide bonds. The van der Waals surface area contributed by atoms with E-state index in [-0.39, 0.29) is 23.4 Å². The highest BCUT2D eigenvalue weighted by molar-refractivity contribution is 6.04. The predicted octanol–water partition coefficient (Wildman–Crippen LogP) is 3.12. The van der Waals surface area contributed by atoms with E-state index >= 15 is 0 Å². The molecule has 1 aliphatic rings. The van der Waals surface area contributed by atoms with Crippen LogP contribution in [0.1, 0.15) is 35.6 Å². The molecular weight excluding hydrogens is 402 g/mol. The van der Waals surface area contributed by atoms with E-state index in [1.807, 2.05) is 43.3 Å². The number of rotatable bonds is 6. The van der Waals surface area contributed by atoms with E-state index in [1.54, 1.807) is 37.5 Å². The Balaban J connectivity index is 1.61. The molecule has 0 spiro atoms. The number of carbonyl (C=O) groups is 1. The molecule has 3 aromatic rings. The minimum Gasteiger partial charge on any atom is -0.369 e. The number of anilines is 2. The Morgan fingerprint density at radius 2 is 1.88 bits per heavy atom. The van der Waals surface area contributed by atoms with Crippen molar-refractivity contribution in [2.24, 2.45) is 7.05 Å². The Morgan fingerprint density at radius 1 is 1.09 bits per heavy atom. The lowest BCUT2D eigenvalue weighted by Gasteiger charge is -2.34. The molecule has 7 nitrogen and oxygen atoms in total. The molecule has 1 aliphatic heterocycles. The standard InChI is InChI=1S/C25H25N5O2/c1-16(18-11-12-30(2)21(31)13-18)15-27-23(17-7-4-3-5-8-17)24-25(32)28-20-10-6-9-19(14-26)22(20)29-24/h3-13,16,23-24,27,29H,15H2,1-2H3,(H,28,32)/t16-,23-,24+/m1/s1. The summed E-state index contributed by atoms with van der Waals surface area (Å²) in [6, 6.07) is 19.8. The third kappa shape index (κ3) is 4.27. The molecule has 0 aliphatic carbocycles. The van der Waals surface area contributed by atoms with Gasteiger partial charge in [0.15, 0.2) is 0 Å². The molecule has 3 N–H and O–H groups in total. The van der Waals surface area contributed by atoms with Gasteiger partial charge in [0.2, 0.25) is 5.91 Å². The fourth-order valence-corrected chi connectivity index (χ4v) is 3.95. The van der Waals surface area contributed by atoms with Crippen molar-refractivity contribution in [3.05, 3.63) is 93.9 Å². The molecule has 0 radical (unpaired) electrons. The third-order valence-corrected chi connectivity index (χ3v) is 5.86. The smallest absolute Gasteiger partial charge is 0.250 e. The fraction of sp³-hybridized carbons (Fsp3) is 0.240. The van der Waals surface area contributed by atoms with E-state index in [1.165, 1.54) is 4.57 Å². The van der Waals surface area contributed by atoms with Gasteiger partial charge in [-0.2, -0.15) is 5.26 Å². The molecule has 3 atom stereocenters. The molecule has 0 unspecified atom stereocenters. The average molecular weight is 428 g/mol. The van der Waals surface area contributed by atoms with Crippen LogP contribution in [0.3, 0.4) is 0 Å². The fourth-order valence-electron chi connectivity index (χ4n) is 3.95. The van der Waals surface area contributed by atoms with Gasteiger partial charge in [-0.1, -0.05) is 43.3 Å². The number of nitrogens with one attached hydrogen (secondary N) is 3. The van der Waals surface area contributed by atoms with Crippen LogP contribution in [0.2, 0.25) is 0 Å². The van der Waals surface area contributed by atoms with Gasteiger partial charge in [-0.25, -0.2) is 0 Å². The predicted molar refractivity (Wildman–Crippen MR) is 124 cm³/mol. The van der Waals surface area contributed by atoms with Gasteiger partial charge in [-0.05, 0) is 35.2 Å².